The van der Waals surface area contributed by atoms with Gasteiger partial charge in [-0.1, -0.05) is 23.8 Å². The molecule has 0 saturated heterocycles. The average Bonchev–Trinajstić information content (AvgIpc) is 2.95. The lowest BCUT2D eigenvalue weighted by molar-refractivity contribution is -0.120. The predicted molar refractivity (Wildman–Crippen MR) is 76.6 cm³/mol. The molecule has 0 aromatic heterocycles. The highest BCUT2D eigenvalue weighted by molar-refractivity contribution is 9.10. The standard InChI is InChI=1S/C14H12BrClFNO/c15-11-5-9(17)6-12(16)13(11)18-14(19)10-4-7-1-2-8(10)3-7/h1-2,5-8,10H,3-4H2,(H,18,19). The summed E-state index contributed by atoms with van der Waals surface area (Å²) in [4.78, 5) is 12.3. The highest BCUT2D eigenvalue weighted by Crippen LogP contribution is 2.44. The molecule has 1 fully saturated rings. The number of hydrogen-bond acceptors (Lipinski definition) is 1. The molecule has 3 rings (SSSR count). The van der Waals surface area contributed by atoms with Gasteiger partial charge in [-0.05, 0) is 52.7 Å². The maximum absolute atomic E-state index is 13.1. The van der Waals surface area contributed by atoms with E-state index in [4.69, 9.17) is 11.6 Å². The summed E-state index contributed by atoms with van der Waals surface area (Å²) in [6.45, 7) is 0. The molecule has 3 atom stereocenters. The highest BCUT2D eigenvalue weighted by Gasteiger charge is 2.39. The van der Waals surface area contributed by atoms with Crippen LogP contribution in [0.5, 0.6) is 0 Å². The Bertz CT molecular complexity index is 552. The van der Waals surface area contributed by atoms with Gasteiger partial charge < -0.3 is 5.32 Å². The molecule has 0 heterocycles. The third-order valence-electron chi connectivity index (χ3n) is 3.87. The fraction of sp³-hybridized carbons (Fsp3) is 0.357. The lowest BCUT2D eigenvalue weighted by atomic mass is 9.93. The summed E-state index contributed by atoms with van der Waals surface area (Å²) in [5.41, 5.74) is 0.444. The van der Waals surface area contributed by atoms with E-state index in [-0.39, 0.29) is 16.8 Å². The van der Waals surface area contributed by atoms with Crippen molar-refractivity contribution in [3.63, 3.8) is 0 Å². The van der Waals surface area contributed by atoms with Crippen LogP contribution in [0, 0.1) is 23.6 Å². The number of amides is 1. The Hall–Kier alpha value is -0.870. The topological polar surface area (TPSA) is 29.1 Å². The van der Waals surface area contributed by atoms with Crippen molar-refractivity contribution in [2.45, 2.75) is 12.8 Å². The number of carbonyl (C=O) groups is 1. The van der Waals surface area contributed by atoms with Crippen LogP contribution in [0.2, 0.25) is 5.02 Å². The number of halogens is 3. The van der Waals surface area contributed by atoms with E-state index in [2.05, 4.69) is 33.4 Å². The van der Waals surface area contributed by atoms with E-state index in [1.165, 1.54) is 12.1 Å². The second-order valence-corrected chi connectivity index (χ2v) is 6.38. The van der Waals surface area contributed by atoms with E-state index >= 15 is 0 Å². The van der Waals surface area contributed by atoms with Gasteiger partial charge in [0.1, 0.15) is 5.82 Å². The first-order chi connectivity index (χ1) is 9.04. The molecule has 1 N–H and O–H groups in total. The van der Waals surface area contributed by atoms with Crippen LogP contribution in [-0.4, -0.2) is 5.91 Å². The number of fused-ring (bicyclic) bond motifs is 2. The Morgan fingerprint density at radius 3 is 2.74 bits per heavy atom. The van der Waals surface area contributed by atoms with Crippen LogP contribution >= 0.6 is 27.5 Å². The van der Waals surface area contributed by atoms with E-state index in [0.29, 0.717) is 22.0 Å². The SMILES string of the molecule is O=C(Nc1c(Cl)cc(F)cc1Br)C1CC2C=CC1C2. The number of hydrogen-bond donors (Lipinski definition) is 1. The van der Waals surface area contributed by atoms with Gasteiger partial charge in [0.15, 0.2) is 0 Å². The van der Waals surface area contributed by atoms with Crippen molar-refractivity contribution >= 4 is 39.1 Å². The zero-order valence-corrected chi connectivity index (χ0v) is 12.3. The van der Waals surface area contributed by atoms with Crippen molar-refractivity contribution in [3.8, 4) is 0 Å². The van der Waals surface area contributed by atoms with Gasteiger partial charge in [0.25, 0.3) is 0 Å². The lowest BCUT2D eigenvalue weighted by Gasteiger charge is -2.18. The molecular formula is C14H12BrClFNO. The monoisotopic (exact) mass is 343 g/mol. The van der Waals surface area contributed by atoms with E-state index in [1.54, 1.807) is 0 Å². The van der Waals surface area contributed by atoms with Crippen LogP contribution < -0.4 is 5.32 Å². The van der Waals surface area contributed by atoms with Crippen LogP contribution in [0.25, 0.3) is 0 Å². The third kappa shape index (κ3) is 2.43. The molecule has 2 aliphatic carbocycles. The van der Waals surface area contributed by atoms with Crippen molar-refractivity contribution in [3.05, 3.63) is 39.6 Å². The Labute approximate surface area is 124 Å². The number of rotatable bonds is 2. The van der Waals surface area contributed by atoms with Gasteiger partial charge in [0.05, 0.1) is 10.7 Å². The summed E-state index contributed by atoms with van der Waals surface area (Å²) in [7, 11) is 0. The average molecular weight is 345 g/mol. The summed E-state index contributed by atoms with van der Waals surface area (Å²) in [6, 6.07) is 2.49. The second-order valence-electron chi connectivity index (χ2n) is 5.12. The molecule has 3 unspecified atom stereocenters. The minimum Gasteiger partial charge on any atom is -0.324 e. The van der Waals surface area contributed by atoms with E-state index in [0.717, 1.165) is 12.8 Å². The van der Waals surface area contributed by atoms with Gasteiger partial charge in [-0.25, -0.2) is 4.39 Å². The van der Waals surface area contributed by atoms with Crippen LogP contribution in [0.4, 0.5) is 10.1 Å². The summed E-state index contributed by atoms with van der Waals surface area (Å²) in [5, 5.41) is 3.02. The molecule has 1 amide bonds. The van der Waals surface area contributed by atoms with E-state index in [1.807, 2.05) is 0 Å². The smallest absolute Gasteiger partial charge is 0.228 e. The van der Waals surface area contributed by atoms with Gasteiger partial charge in [0.2, 0.25) is 5.91 Å². The van der Waals surface area contributed by atoms with Gasteiger partial charge in [0, 0.05) is 10.4 Å². The molecule has 0 spiro atoms. The Balaban J connectivity index is 1.79. The Morgan fingerprint density at radius 2 is 2.16 bits per heavy atom. The zero-order chi connectivity index (χ0) is 13.6. The molecule has 0 radical (unpaired) electrons. The van der Waals surface area contributed by atoms with Crippen molar-refractivity contribution in [1.82, 2.24) is 0 Å². The van der Waals surface area contributed by atoms with Gasteiger partial charge in [-0.3, -0.25) is 4.79 Å². The van der Waals surface area contributed by atoms with Crippen molar-refractivity contribution < 1.29 is 9.18 Å². The quantitative estimate of drug-likeness (QED) is 0.792. The third-order valence-corrected chi connectivity index (χ3v) is 4.79. The predicted octanol–water partition coefficient (Wildman–Crippen LogP) is 4.39. The van der Waals surface area contributed by atoms with Crippen molar-refractivity contribution in [2.24, 2.45) is 17.8 Å². The number of carbonyl (C=O) groups excluding carboxylic acids is 1. The molecule has 1 saturated carbocycles. The molecule has 1 aromatic carbocycles. The lowest BCUT2D eigenvalue weighted by Crippen LogP contribution is -2.26. The highest BCUT2D eigenvalue weighted by atomic mass is 79.9. The number of nitrogens with one attached hydrogen (secondary N) is 1. The molecule has 19 heavy (non-hydrogen) atoms. The van der Waals surface area contributed by atoms with Crippen LogP contribution in [0.1, 0.15) is 12.8 Å². The Morgan fingerprint density at radius 1 is 1.37 bits per heavy atom. The van der Waals surface area contributed by atoms with Gasteiger partial charge in [-0.15, -0.1) is 0 Å². The maximum atomic E-state index is 13.1. The second kappa shape index (κ2) is 4.91. The molecule has 2 aliphatic rings. The molecule has 2 bridgehead atoms. The first kappa shape index (κ1) is 13.1. The molecule has 1 aromatic rings. The van der Waals surface area contributed by atoms with Crippen molar-refractivity contribution in [2.75, 3.05) is 5.32 Å². The molecular weight excluding hydrogens is 333 g/mol. The zero-order valence-electron chi connectivity index (χ0n) is 10.00. The van der Waals surface area contributed by atoms with Crippen LogP contribution in [-0.2, 0) is 4.79 Å². The van der Waals surface area contributed by atoms with Crippen LogP contribution in [0.3, 0.4) is 0 Å². The minimum absolute atomic E-state index is 0.00280. The van der Waals surface area contributed by atoms with Gasteiger partial charge in [-0.2, -0.15) is 0 Å². The van der Waals surface area contributed by atoms with E-state index < -0.39 is 5.82 Å². The van der Waals surface area contributed by atoms with Gasteiger partial charge >= 0.3 is 0 Å². The van der Waals surface area contributed by atoms with E-state index in [9.17, 15) is 9.18 Å². The summed E-state index contributed by atoms with van der Waals surface area (Å²) < 4.78 is 13.6. The summed E-state index contributed by atoms with van der Waals surface area (Å²) in [6.07, 6.45) is 6.27. The Kier molecular flexibility index (Phi) is 3.39. The fourth-order valence-electron chi connectivity index (χ4n) is 2.96. The minimum atomic E-state index is -0.433. The normalized spacial score (nSPS) is 27.8. The summed E-state index contributed by atoms with van der Waals surface area (Å²) in [5.74, 6) is 0.405. The maximum Gasteiger partial charge on any atom is 0.228 e. The molecule has 5 heteroatoms. The number of benzene rings is 1. The number of allylic oxidation sites excluding steroid dienone is 2. The molecule has 2 nitrogen and oxygen atoms in total. The first-order valence-electron chi connectivity index (χ1n) is 6.18. The first-order valence-corrected chi connectivity index (χ1v) is 7.35. The largest absolute Gasteiger partial charge is 0.324 e. The summed E-state index contributed by atoms with van der Waals surface area (Å²) >= 11 is 9.19. The molecule has 100 valence electrons. The molecule has 0 aliphatic heterocycles. The number of anilines is 1. The van der Waals surface area contributed by atoms with Crippen molar-refractivity contribution in [1.29, 1.82) is 0 Å². The van der Waals surface area contributed by atoms with Crippen LogP contribution in [0.15, 0.2) is 28.8 Å². The fourth-order valence-corrected chi connectivity index (χ4v) is 3.86.